The summed E-state index contributed by atoms with van der Waals surface area (Å²) >= 11 is 0. The Balaban J connectivity index is 1.46. The van der Waals surface area contributed by atoms with Crippen molar-refractivity contribution in [1.29, 1.82) is 0 Å². The van der Waals surface area contributed by atoms with Gasteiger partial charge in [-0.1, -0.05) is 36.4 Å². The van der Waals surface area contributed by atoms with Crippen molar-refractivity contribution < 1.29 is 14.6 Å². The lowest BCUT2D eigenvalue weighted by Gasteiger charge is -2.17. The molecule has 2 aromatic rings. The van der Waals surface area contributed by atoms with Gasteiger partial charge in [-0.3, -0.25) is 0 Å². The van der Waals surface area contributed by atoms with Gasteiger partial charge in [0, 0.05) is 18.8 Å². The summed E-state index contributed by atoms with van der Waals surface area (Å²) in [6.07, 6.45) is 6.63. The lowest BCUT2D eigenvalue weighted by Crippen LogP contribution is -2.38. The molecule has 138 valence electrons. The molecule has 6 heteroatoms. The first kappa shape index (κ1) is 18.2. The van der Waals surface area contributed by atoms with Crippen LogP contribution in [0.2, 0.25) is 0 Å². The second-order valence-electron chi connectivity index (χ2n) is 6.50. The Kier molecular flexibility index (Phi) is 6.44. The number of nitrogens with zero attached hydrogens (tertiary/aromatic N) is 1. The second kappa shape index (κ2) is 9.20. The van der Waals surface area contributed by atoms with E-state index in [1.807, 2.05) is 42.5 Å². The normalized spacial score (nSPS) is 15.4. The number of aliphatic hydroxyl groups is 1. The van der Waals surface area contributed by atoms with Crippen LogP contribution in [0.1, 0.15) is 42.9 Å². The van der Waals surface area contributed by atoms with Crippen molar-refractivity contribution in [1.82, 2.24) is 15.6 Å². The van der Waals surface area contributed by atoms with Gasteiger partial charge in [-0.05, 0) is 36.8 Å². The van der Waals surface area contributed by atoms with Crippen LogP contribution >= 0.6 is 0 Å². The number of ether oxygens (including phenoxy) is 1. The highest BCUT2D eigenvalue weighted by molar-refractivity contribution is 5.74. The van der Waals surface area contributed by atoms with E-state index in [4.69, 9.17) is 4.74 Å². The third-order valence-corrected chi connectivity index (χ3v) is 4.53. The fourth-order valence-corrected chi connectivity index (χ4v) is 3.07. The third kappa shape index (κ3) is 5.20. The van der Waals surface area contributed by atoms with Crippen molar-refractivity contribution in [3.05, 3.63) is 59.8 Å². The first-order valence-corrected chi connectivity index (χ1v) is 9.06. The minimum absolute atomic E-state index is 0.161. The average molecular weight is 355 g/mol. The molecule has 1 heterocycles. The first-order chi connectivity index (χ1) is 12.7. The number of aliphatic hydroxyl groups excluding tert-OH is 1. The largest absolute Gasteiger partial charge is 0.474 e. The van der Waals surface area contributed by atoms with Crippen LogP contribution in [-0.4, -0.2) is 28.8 Å². The average Bonchev–Trinajstić information content (AvgIpc) is 3.19. The fraction of sp³-hybridized carbons (Fsp3) is 0.400. The maximum atomic E-state index is 12.1. The molecule has 1 saturated carbocycles. The molecule has 0 aliphatic heterocycles. The van der Waals surface area contributed by atoms with Crippen LogP contribution in [0.25, 0.3) is 0 Å². The highest BCUT2D eigenvalue weighted by Crippen LogP contribution is 2.22. The quantitative estimate of drug-likeness (QED) is 0.713. The van der Waals surface area contributed by atoms with Crippen LogP contribution in [0.4, 0.5) is 4.79 Å². The molecule has 3 rings (SSSR count). The lowest BCUT2D eigenvalue weighted by molar-refractivity contribution is 0.201. The smallest absolute Gasteiger partial charge is 0.315 e. The molecular weight excluding hydrogens is 330 g/mol. The minimum atomic E-state index is -0.434. The molecule has 1 aromatic heterocycles. The van der Waals surface area contributed by atoms with E-state index in [0.29, 0.717) is 12.4 Å². The van der Waals surface area contributed by atoms with E-state index < -0.39 is 6.04 Å². The number of urea groups is 1. The van der Waals surface area contributed by atoms with Gasteiger partial charge in [0.1, 0.15) is 6.10 Å². The minimum Gasteiger partial charge on any atom is -0.474 e. The first-order valence-electron chi connectivity index (χ1n) is 9.06. The number of hydrogen-bond acceptors (Lipinski definition) is 4. The molecule has 0 spiro atoms. The van der Waals surface area contributed by atoms with E-state index in [1.165, 1.54) is 12.8 Å². The number of hydrogen-bond donors (Lipinski definition) is 3. The van der Waals surface area contributed by atoms with Crippen molar-refractivity contribution in [2.24, 2.45) is 0 Å². The molecule has 0 radical (unpaired) electrons. The van der Waals surface area contributed by atoms with Gasteiger partial charge in [-0.2, -0.15) is 0 Å². The molecule has 26 heavy (non-hydrogen) atoms. The van der Waals surface area contributed by atoms with E-state index >= 15 is 0 Å². The summed E-state index contributed by atoms with van der Waals surface area (Å²) in [7, 11) is 0. The van der Waals surface area contributed by atoms with Crippen LogP contribution in [0.15, 0.2) is 48.7 Å². The van der Waals surface area contributed by atoms with Gasteiger partial charge in [0.2, 0.25) is 5.88 Å². The van der Waals surface area contributed by atoms with Gasteiger partial charge in [0.05, 0.1) is 12.6 Å². The van der Waals surface area contributed by atoms with Gasteiger partial charge in [-0.15, -0.1) is 0 Å². The lowest BCUT2D eigenvalue weighted by atomic mass is 10.1. The van der Waals surface area contributed by atoms with E-state index in [0.717, 1.165) is 24.0 Å². The van der Waals surface area contributed by atoms with Crippen molar-refractivity contribution >= 4 is 6.03 Å². The van der Waals surface area contributed by atoms with Crippen LogP contribution in [0.5, 0.6) is 5.88 Å². The van der Waals surface area contributed by atoms with E-state index in [-0.39, 0.29) is 18.7 Å². The summed E-state index contributed by atoms with van der Waals surface area (Å²) in [6, 6.07) is 12.4. The number of nitrogens with one attached hydrogen (secondary N) is 2. The highest BCUT2D eigenvalue weighted by atomic mass is 16.5. The van der Waals surface area contributed by atoms with Gasteiger partial charge in [0.25, 0.3) is 0 Å². The summed E-state index contributed by atoms with van der Waals surface area (Å²) in [6.45, 7) is 0.196. The monoisotopic (exact) mass is 355 g/mol. The number of rotatable bonds is 7. The van der Waals surface area contributed by atoms with Crippen LogP contribution < -0.4 is 15.4 Å². The molecular formula is C20H25N3O3. The Morgan fingerprint density at radius 2 is 1.96 bits per heavy atom. The molecule has 0 saturated heterocycles. The summed E-state index contributed by atoms with van der Waals surface area (Å²) in [5.74, 6) is 0.634. The molecule has 1 aromatic carbocycles. The number of amides is 2. The van der Waals surface area contributed by atoms with E-state index in [9.17, 15) is 9.90 Å². The number of carbonyl (C=O) groups is 1. The van der Waals surface area contributed by atoms with Crippen molar-refractivity contribution in [2.75, 3.05) is 6.61 Å². The second-order valence-corrected chi connectivity index (χ2v) is 6.50. The van der Waals surface area contributed by atoms with Crippen LogP contribution in [-0.2, 0) is 6.54 Å². The molecule has 1 aliphatic rings. The zero-order valence-corrected chi connectivity index (χ0v) is 14.7. The zero-order valence-electron chi connectivity index (χ0n) is 14.7. The standard InChI is InChI=1S/C20H25N3O3/c24-14-18(16-6-2-1-3-7-16)23-20(25)22-13-15-10-11-19(21-12-15)26-17-8-4-5-9-17/h1-3,6-7,10-12,17-18,24H,4-5,8-9,13-14H2,(H2,22,23,25)/t18-/m0/s1. The zero-order chi connectivity index (χ0) is 18.2. The van der Waals surface area contributed by atoms with Crippen molar-refractivity contribution in [3.8, 4) is 5.88 Å². The van der Waals surface area contributed by atoms with E-state index in [2.05, 4.69) is 15.6 Å². The summed E-state index contributed by atoms with van der Waals surface area (Å²) in [5, 5.41) is 15.0. The number of pyridine rings is 1. The molecule has 1 aliphatic carbocycles. The summed E-state index contributed by atoms with van der Waals surface area (Å²) < 4.78 is 5.83. The topological polar surface area (TPSA) is 83.5 Å². The Labute approximate surface area is 153 Å². The SMILES string of the molecule is O=C(NCc1ccc(OC2CCCC2)nc1)N[C@@H](CO)c1ccccc1. The summed E-state index contributed by atoms with van der Waals surface area (Å²) in [5.41, 5.74) is 1.75. The van der Waals surface area contributed by atoms with Gasteiger partial charge < -0.3 is 20.5 Å². The molecule has 2 amide bonds. The predicted molar refractivity (Wildman–Crippen MR) is 98.8 cm³/mol. The molecule has 0 bridgehead atoms. The number of benzene rings is 1. The van der Waals surface area contributed by atoms with Gasteiger partial charge >= 0.3 is 6.03 Å². The number of carbonyl (C=O) groups excluding carboxylic acids is 1. The Morgan fingerprint density at radius 3 is 2.62 bits per heavy atom. The maximum absolute atomic E-state index is 12.1. The van der Waals surface area contributed by atoms with Crippen LogP contribution in [0, 0.1) is 0 Å². The Bertz CT molecular complexity index is 685. The molecule has 0 unspecified atom stereocenters. The maximum Gasteiger partial charge on any atom is 0.315 e. The van der Waals surface area contributed by atoms with Crippen molar-refractivity contribution in [3.63, 3.8) is 0 Å². The Morgan fingerprint density at radius 1 is 1.19 bits per heavy atom. The molecule has 1 fully saturated rings. The third-order valence-electron chi connectivity index (χ3n) is 4.53. The Hall–Kier alpha value is -2.60. The van der Waals surface area contributed by atoms with E-state index in [1.54, 1.807) is 6.20 Å². The fourth-order valence-electron chi connectivity index (χ4n) is 3.07. The van der Waals surface area contributed by atoms with Gasteiger partial charge in [-0.25, -0.2) is 9.78 Å². The van der Waals surface area contributed by atoms with Crippen LogP contribution in [0.3, 0.4) is 0 Å². The molecule has 1 atom stereocenters. The predicted octanol–water partition coefficient (Wildman–Crippen LogP) is 2.94. The highest BCUT2D eigenvalue weighted by Gasteiger charge is 2.17. The van der Waals surface area contributed by atoms with Crippen molar-refractivity contribution in [2.45, 2.75) is 44.4 Å². The molecule has 3 N–H and O–H groups in total. The van der Waals surface area contributed by atoms with Gasteiger partial charge in [0.15, 0.2) is 0 Å². The summed E-state index contributed by atoms with van der Waals surface area (Å²) in [4.78, 5) is 16.4. The number of aromatic nitrogens is 1. The molecule has 6 nitrogen and oxygen atoms in total.